The lowest BCUT2D eigenvalue weighted by molar-refractivity contribution is 0.478. The Bertz CT molecular complexity index is 3780. The summed E-state index contributed by atoms with van der Waals surface area (Å²) in [5.74, 6) is 2.83. The van der Waals surface area contributed by atoms with Crippen LogP contribution in [0.25, 0.3) is 106 Å². The summed E-state index contributed by atoms with van der Waals surface area (Å²) in [6, 6.07) is 59.0. The fourth-order valence-electron chi connectivity index (χ4n) is 10.7. The number of allylic oxidation sites excluding steroid dienone is 12. The molecule has 0 radical (unpaired) electrons. The van der Waals surface area contributed by atoms with E-state index in [9.17, 15) is 0 Å². The van der Waals surface area contributed by atoms with Gasteiger partial charge >= 0.3 is 0 Å². The molecule has 0 amide bonds. The molecule has 3 aliphatic carbocycles. The van der Waals surface area contributed by atoms with Crippen molar-refractivity contribution >= 4 is 54.9 Å². The molecule has 0 aliphatic heterocycles. The normalized spacial score (nSPS) is 16.8. The lowest BCUT2D eigenvalue weighted by Gasteiger charge is -2.25. The summed E-state index contributed by atoms with van der Waals surface area (Å²) < 4.78 is 4.81. The van der Waals surface area contributed by atoms with Crippen molar-refractivity contribution in [2.75, 3.05) is 0 Å². The second-order valence-corrected chi connectivity index (χ2v) is 18.2. The summed E-state index contributed by atoms with van der Waals surface area (Å²) >= 11 is 0. The third kappa shape index (κ3) is 6.98. The largest absolute Gasteiger partial charge is 0.308 e. The molecule has 7 aromatic carbocycles. The molecule has 0 bridgehead atoms. The summed E-state index contributed by atoms with van der Waals surface area (Å²) in [6.07, 6.45) is 26.7. The smallest absolute Gasteiger partial charge is 0.238 e. The summed E-state index contributed by atoms with van der Waals surface area (Å²) in [4.78, 5) is 16.1. The zero-order valence-corrected chi connectivity index (χ0v) is 37.6. The minimum absolute atomic E-state index is 0.400. The van der Waals surface area contributed by atoms with Gasteiger partial charge in [0.2, 0.25) is 5.95 Å². The summed E-state index contributed by atoms with van der Waals surface area (Å²) in [5, 5.41) is 4.75. The van der Waals surface area contributed by atoms with Crippen LogP contribution in [0.2, 0.25) is 0 Å². The van der Waals surface area contributed by atoms with Gasteiger partial charge in [0, 0.05) is 32.8 Å². The minimum Gasteiger partial charge on any atom is -0.308 e. The van der Waals surface area contributed by atoms with Crippen LogP contribution in [-0.4, -0.2) is 24.1 Å². The highest BCUT2D eigenvalue weighted by atomic mass is 15.2. The Balaban J connectivity index is 0.960. The van der Waals surface area contributed by atoms with Crippen LogP contribution in [0.5, 0.6) is 0 Å². The van der Waals surface area contributed by atoms with E-state index >= 15 is 0 Å². The number of rotatable bonds is 8. The van der Waals surface area contributed by atoms with Crippen molar-refractivity contribution in [3.05, 3.63) is 230 Å². The molecule has 2 unspecified atom stereocenters. The molecule has 0 saturated heterocycles. The Morgan fingerprint density at radius 2 is 1.01 bits per heavy atom. The number of benzene rings is 7. The molecule has 3 aromatic heterocycles. The van der Waals surface area contributed by atoms with E-state index in [0.29, 0.717) is 29.4 Å². The van der Waals surface area contributed by atoms with Crippen molar-refractivity contribution in [1.82, 2.24) is 24.1 Å². The lowest BCUT2D eigenvalue weighted by Crippen LogP contribution is -2.14. The predicted octanol–water partition coefficient (Wildman–Crippen LogP) is 16.0. The van der Waals surface area contributed by atoms with Crippen molar-refractivity contribution in [3.8, 4) is 50.7 Å². The molecule has 2 atom stereocenters. The summed E-state index contributed by atoms with van der Waals surface area (Å²) in [7, 11) is 0. The van der Waals surface area contributed by atoms with Crippen molar-refractivity contribution in [2.45, 2.75) is 25.7 Å². The zero-order valence-electron chi connectivity index (χ0n) is 37.6. The monoisotopic (exact) mass is 873 g/mol. The molecule has 5 heteroatoms. The van der Waals surface area contributed by atoms with Gasteiger partial charge in [-0.3, -0.25) is 4.57 Å². The van der Waals surface area contributed by atoms with E-state index in [1.165, 1.54) is 44.2 Å². The highest BCUT2D eigenvalue weighted by molar-refractivity contribution is 6.24. The van der Waals surface area contributed by atoms with Gasteiger partial charge in [0.1, 0.15) is 0 Å². The van der Waals surface area contributed by atoms with Crippen LogP contribution < -0.4 is 0 Å². The molecule has 0 fully saturated rings. The first-order valence-corrected chi connectivity index (χ1v) is 23.9. The van der Waals surface area contributed by atoms with Gasteiger partial charge < -0.3 is 4.57 Å². The van der Waals surface area contributed by atoms with Crippen molar-refractivity contribution in [2.24, 2.45) is 11.8 Å². The van der Waals surface area contributed by atoms with Gasteiger partial charge in [0.05, 0.1) is 22.1 Å². The fraction of sp³-hybridized carbons (Fsp3) is 0.0952. The number of hydrogen-bond donors (Lipinski definition) is 0. The van der Waals surface area contributed by atoms with E-state index in [0.717, 1.165) is 75.3 Å². The first kappa shape index (κ1) is 39.9. The molecule has 13 rings (SSSR count). The average molecular weight is 874 g/mol. The second kappa shape index (κ2) is 16.8. The molecule has 324 valence electrons. The Morgan fingerprint density at radius 3 is 1.69 bits per heavy atom. The first-order valence-electron chi connectivity index (χ1n) is 23.9. The molecular formula is C63H47N5. The molecule has 3 aliphatic rings. The van der Waals surface area contributed by atoms with Crippen molar-refractivity contribution in [3.63, 3.8) is 0 Å². The third-order valence-corrected chi connectivity index (χ3v) is 14.2. The Kier molecular flexibility index (Phi) is 9.85. The van der Waals surface area contributed by atoms with Crippen LogP contribution in [0.4, 0.5) is 0 Å². The predicted molar refractivity (Wildman–Crippen MR) is 283 cm³/mol. The Morgan fingerprint density at radius 1 is 0.426 bits per heavy atom. The second-order valence-electron chi connectivity index (χ2n) is 18.2. The maximum absolute atomic E-state index is 5.45. The van der Waals surface area contributed by atoms with Crippen molar-refractivity contribution in [1.29, 1.82) is 0 Å². The molecule has 68 heavy (non-hydrogen) atoms. The Hall–Kier alpha value is -8.41. The summed E-state index contributed by atoms with van der Waals surface area (Å²) in [6.45, 7) is 0. The zero-order chi connectivity index (χ0) is 45.0. The maximum Gasteiger partial charge on any atom is 0.238 e. The van der Waals surface area contributed by atoms with Gasteiger partial charge in [-0.1, -0.05) is 200 Å². The van der Waals surface area contributed by atoms with Crippen LogP contribution in [-0.2, 0) is 0 Å². The SMILES string of the molecule is C1=CCCC(c2nc(-c3ccc(-c4cccc(-c5ccc(-c6ccccc6)cc5)c4)cc3)nc(-n3c4ccccc4c4ccc5c6ccccc6n(C6=CC(C7C=CC=CC7)CC=C6)c5c43)n2)=C1. The molecule has 10 aromatic rings. The van der Waals surface area contributed by atoms with Crippen molar-refractivity contribution < 1.29 is 0 Å². The standard InChI is InChI=1S/C63H47N5/c1-4-16-42(17-5-1)44-30-32-45(33-31-44)49-22-14-23-50(40-49)46-34-36-48(37-35-46)62-64-61(47-20-8-3-9-21-47)65-63(66-62)68-58-29-13-11-27-54(58)56-39-38-55-53-26-10-12-28-57(53)67(59(55)60(56)68)52-25-15-24-51(41-52)43-18-6-2-7-19-43/h1-8,10-18,20,22-23,25-41,43,51H,9,19,21,24H2. The molecule has 0 N–H and O–H groups in total. The van der Waals surface area contributed by atoms with Gasteiger partial charge in [-0.2, -0.15) is 9.97 Å². The van der Waals surface area contributed by atoms with E-state index in [2.05, 4.69) is 234 Å². The molecule has 0 saturated carbocycles. The lowest BCUT2D eigenvalue weighted by atomic mass is 9.82. The molecular weight excluding hydrogens is 827 g/mol. The topological polar surface area (TPSA) is 48.5 Å². The highest BCUT2D eigenvalue weighted by Gasteiger charge is 2.26. The fourth-order valence-corrected chi connectivity index (χ4v) is 10.7. The van der Waals surface area contributed by atoms with E-state index in [4.69, 9.17) is 15.0 Å². The highest BCUT2D eigenvalue weighted by Crippen LogP contribution is 2.43. The van der Waals surface area contributed by atoms with Crippen LogP contribution >= 0.6 is 0 Å². The number of hydrogen-bond acceptors (Lipinski definition) is 3. The van der Waals surface area contributed by atoms with Gasteiger partial charge in [0.15, 0.2) is 11.6 Å². The number of fused-ring (bicyclic) bond motifs is 7. The van der Waals surface area contributed by atoms with Crippen LogP contribution in [0.1, 0.15) is 31.5 Å². The third-order valence-electron chi connectivity index (χ3n) is 14.2. The quantitative estimate of drug-likeness (QED) is 0.153. The van der Waals surface area contributed by atoms with Gasteiger partial charge in [0.25, 0.3) is 0 Å². The minimum atomic E-state index is 0.400. The van der Waals surface area contributed by atoms with Gasteiger partial charge in [-0.05, 0) is 101 Å². The van der Waals surface area contributed by atoms with E-state index in [1.54, 1.807) is 0 Å². The maximum atomic E-state index is 5.45. The number of aromatic nitrogens is 5. The Labute approximate surface area is 395 Å². The molecule has 0 spiro atoms. The number of para-hydroxylation sites is 2. The number of nitrogens with zero attached hydrogens (tertiary/aromatic N) is 5. The van der Waals surface area contributed by atoms with E-state index < -0.39 is 0 Å². The van der Waals surface area contributed by atoms with E-state index in [-0.39, 0.29) is 0 Å². The van der Waals surface area contributed by atoms with Crippen LogP contribution in [0, 0.1) is 11.8 Å². The first-order chi connectivity index (χ1) is 33.7. The molecule has 3 heterocycles. The van der Waals surface area contributed by atoms with E-state index in [1.807, 2.05) is 0 Å². The van der Waals surface area contributed by atoms with Gasteiger partial charge in [-0.25, -0.2) is 4.98 Å². The van der Waals surface area contributed by atoms with Crippen LogP contribution in [0.3, 0.4) is 0 Å². The molecule has 5 nitrogen and oxygen atoms in total. The summed E-state index contributed by atoms with van der Waals surface area (Å²) in [5.41, 5.74) is 14.8. The average Bonchev–Trinajstić information content (AvgIpc) is 3.95. The van der Waals surface area contributed by atoms with Crippen LogP contribution in [0.15, 0.2) is 225 Å². The van der Waals surface area contributed by atoms with Gasteiger partial charge in [-0.15, -0.1) is 0 Å².